The van der Waals surface area contributed by atoms with Gasteiger partial charge in [0.2, 0.25) is 0 Å². The summed E-state index contributed by atoms with van der Waals surface area (Å²) < 4.78 is 5.35. The number of methoxy groups -OCH3 is 1. The first-order chi connectivity index (χ1) is 12.0. The van der Waals surface area contributed by atoms with Crippen molar-refractivity contribution in [2.75, 3.05) is 20.2 Å². The predicted molar refractivity (Wildman–Crippen MR) is 102 cm³/mol. The number of piperidine rings is 1. The van der Waals surface area contributed by atoms with Crippen LogP contribution in [0.1, 0.15) is 45.3 Å². The minimum Gasteiger partial charge on any atom is -0.497 e. The molecule has 0 spiro atoms. The predicted octanol–water partition coefficient (Wildman–Crippen LogP) is 4.03. The maximum absolute atomic E-state index is 11.1. The van der Waals surface area contributed by atoms with Gasteiger partial charge in [-0.15, -0.1) is 0 Å². The smallest absolute Gasteiger partial charge is 0.119 e. The summed E-state index contributed by atoms with van der Waals surface area (Å²) in [6, 6.07) is 7.85. The number of likely N-dealkylation sites (tertiary alicyclic amines) is 1. The van der Waals surface area contributed by atoms with Gasteiger partial charge in [0.1, 0.15) is 5.75 Å². The van der Waals surface area contributed by atoms with Crippen LogP contribution in [-0.2, 0) is 0 Å². The van der Waals surface area contributed by atoms with Gasteiger partial charge >= 0.3 is 0 Å². The molecule has 0 saturated carbocycles. The van der Waals surface area contributed by atoms with Crippen molar-refractivity contribution in [3.63, 3.8) is 0 Å². The zero-order valence-electron chi connectivity index (χ0n) is 15.8. The van der Waals surface area contributed by atoms with Crippen LogP contribution < -0.4 is 4.74 Å². The van der Waals surface area contributed by atoms with E-state index in [4.69, 9.17) is 4.74 Å². The summed E-state index contributed by atoms with van der Waals surface area (Å²) in [6.45, 7) is 8.90. The molecule has 136 valence electrons. The van der Waals surface area contributed by atoms with Crippen LogP contribution in [0.25, 0.3) is 10.9 Å². The molecular formula is C21H30N2O2. The molecule has 0 bridgehead atoms. The first-order valence-corrected chi connectivity index (χ1v) is 9.39. The Kier molecular flexibility index (Phi) is 5.60. The van der Waals surface area contributed by atoms with Crippen molar-refractivity contribution >= 4 is 10.9 Å². The van der Waals surface area contributed by atoms with Gasteiger partial charge in [-0.2, -0.15) is 0 Å². The normalized spacial score (nSPS) is 24.2. The number of rotatable bonds is 5. The minimum atomic E-state index is -0.538. The van der Waals surface area contributed by atoms with Crippen molar-refractivity contribution in [2.24, 2.45) is 11.8 Å². The van der Waals surface area contributed by atoms with Gasteiger partial charge in [0.15, 0.2) is 0 Å². The maximum Gasteiger partial charge on any atom is 0.119 e. The van der Waals surface area contributed by atoms with E-state index in [2.05, 4.69) is 30.7 Å². The second-order valence-electron chi connectivity index (χ2n) is 7.40. The van der Waals surface area contributed by atoms with Crippen molar-refractivity contribution < 1.29 is 9.84 Å². The summed E-state index contributed by atoms with van der Waals surface area (Å²) in [6.07, 6.45) is 3.66. The topological polar surface area (TPSA) is 45.6 Å². The molecule has 4 heteroatoms. The van der Waals surface area contributed by atoms with E-state index in [-0.39, 0.29) is 6.04 Å². The lowest BCUT2D eigenvalue weighted by Gasteiger charge is -2.41. The largest absolute Gasteiger partial charge is 0.497 e. The Bertz CT molecular complexity index is 718. The summed E-state index contributed by atoms with van der Waals surface area (Å²) >= 11 is 0. The molecule has 1 aliphatic rings. The zero-order chi connectivity index (χ0) is 18.0. The van der Waals surface area contributed by atoms with E-state index in [0.717, 1.165) is 47.1 Å². The van der Waals surface area contributed by atoms with Crippen LogP contribution in [0, 0.1) is 11.8 Å². The third-order valence-electron chi connectivity index (χ3n) is 6.00. The quantitative estimate of drug-likeness (QED) is 0.891. The molecule has 1 aliphatic heterocycles. The van der Waals surface area contributed by atoms with Crippen LogP contribution in [0.2, 0.25) is 0 Å². The molecule has 1 saturated heterocycles. The van der Waals surface area contributed by atoms with Gasteiger partial charge in [-0.3, -0.25) is 9.88 Å². The van der Waals surface area contributed by atoms with E-state index in [0.29, 0.717) is 0 Å². The number of aliphatic hydroxyl groups excluding tert-OH is 1. The maximum atomic E-state index is 11.1. The summed E-state index contributed by atoms with van der Waals surface area (Å²) in [4.78, 5) is 6.88. The second-order valence-corrected chi connectivity index (χ2v) is 7.40. The molecule has 1 aromatic heterocycles. The fourth-order valence-electron chi connectivity index (χ4n) is 4.07. The minimum absolute atomic E-state index is 0.0818. The summed E-state index contributed by atoms with van der Waals surface area (Å²) in [5.74, 6) is 2.29. The molecule has 3 rings (SSSR count). The Morgan fingerprint density at radius 2 is 2.16 bits per heavy atom. The van der Waals surface area contributed by atoms with Crippen LogP contribution >= 0.6 is 0 Å². The Morgan fingerprint density at radius 1 is 1.36 bits per heavy atom. The Morgan fingerprint density at radius 3 is 2.88 bits per heavy atom. The van der Waals surface area contributed by atoms with Gasteiger partial charge in [0, 0.05) is 24.2 Å². The van der Waals surface area contributed by atoms with Crippen molar-refractivity contribution in [1.82, 2.24) is 9.88 Å². The van der Waals surface area contributed by atoms with Crippen molar-refractivity contribution in [2.45, 2.75) is 45.8 Å². The Hall–Kier alpha value is -1.65. The summed E-state index contributed by atoms with van der Waals surface area (Å²) in [5.41, 5.74) is 1.83. The van der Waals surface area contributed by atoms with Gasteiger partial charge in [-0.25, -0.2) is 0 Å². The molecule has 0 radical (unpaired) electrons. The number of pyridine rings is 1. The number of aromatic nitrogens is 1. The lowest BCUT2D eigenvalue weighted by atomic mass is 9.84. The van der Waals surface area contributed by atoms with Gasteiger partial charge in [0.25, 0.3) is 0 Å². The van der Waals surface area contributed by atoms with E-state index >= 15 is 0 Å². The third-order valence-corrected chi connectivity index (χ3v) is 6.00. The highest BCUT2D eigenvalue weighted by atomic mass is 16.5. The number of hydrogen-bond acceptors (Lipinski definition) is 4. The molecule has 1 aromatic carbocycles. The highest BCUT2D eigenvalue weighted by Gasteiger charge is 2.31. The number of ether oxygens (including phenoxy) is 1. The fraction of sp³-hybridized carbons (Fsp3) is 0.571. The molecule has 2 heterocycles. The van der Waals surface area contributed by atoms with Crippen LogP contribution in [-0.4, -0.2) is 41.2 Å². The monoisotopic (exact) mass is 342 g/mol. The van der Waals surface area contributed by atoms with E-state index in [1.54, 1.807) is 13.3 Å². The molecule has 4 atom stereocenters. The molecule has 0 aliphatic carbocycles. The highest BCUT2D eigenvalue weighted by molar-refractivity contribution is 5.83. The number of aliphatic hydroxyl groups is 1. The number of hydrogen-bond donors (Lipinski definition) is 1. The molecule has 2 aromatic rings. The van der Waals surface area contributed by atoms with Crippen molar-refractivity contribution in [3.8, 4) is 5.75 Å². The summed E-state index contributed by atoms with van der Waals surface area (Å²) in [5, 5.41) is 12.1. The average molecular weight is 342 g/mol. The van der Waals surface area contributed by atoms with Gasteiger partial charge in [-0.1, -0.05) is 20.3 Å². The standard InChI is InChI=1S/C21H30N2O2/c1-5-16-13-23(11-9-14(16)2)15(3)21(24)18-8-10-22-20-7-6-17(25-4)12-19(18)20/h6-8,10,12,14-16,21,24H,5,9,11,13H2,1-4H3. The van der Waals surface area contributed by atoms with Crippen molar-refractivity contribution in [3.05, 3.63) is 36.0 Å². The number of fused-ring (bicyclic) bond motifs is 1. The lowest BCUT2D eigenvalue weighted by Crippen LogP contribution is -2.46. The van der Waals surface area contributed by atoms with Crippen LogP contribution in [0.4, 0.5) is 0 Å². The molecule has 25 heavy (non-hydrogen) atoms. The van der Waals surface area contributed by atoms with E-state index in [1.165, 1.54) is 12.8 Å². The lowest BCUT2D eigenvalue weighted by molar-refractivity contribution is 0.0184. The van der Waals surface area contributed by atoms with Crippen molar-refractivity contribution in [1.29, 1.82) is 0 Å². The third kappa shape index (κ3) is 3.65. The van der Waals surface area contributed by atoms with E-state index in [1.807, 2.05) is 24.3 Å². The van der Waals surface area contributed by atoms with Gasteiger partial charge in [-0.05, 0) is 61.6 Å². The second kappa shape index (κ2) is 7.71. The van der Waals surface area contributed by atoms with E-state index < -0.39 is 6.10 Å². The molecule has 1 N–H and O–H groups in total. The molecular weight excluding hydrogens is 312 g/mol. The highest BCUT2D eigenvalue weighted by Crippen LogP contribution is 2.33. The van der Waals surface area contributed by atoms with Crippen LogP contribution in [0.15, 0.2) is 30.5 Å². The first-order valence-electron chi connectivity index (χ1n) is 9.39. The van der Waals surface area contributed by atoms with Gasteiger partial charge in [0.05, 0.1) is 18.7 Å². The summed E-state index contributed by atoms with van der Waals surface area (Å²) in [7, 11) is 1.66. The van der Waals surface area contributed by atoms with Crippen LogP contribution in [0.3, 0.4) is 0 Å². The Labute approximate surface area is 150 Å². The molecule has 4 nitrogen and oxygen atoms in total. The zero-order valence-corrected chi connectivity index (χ0v) is 15.8. The number of benzene rings is 1. The van der Waals surface area contributed by atoms with Crippen LogP contribution in [0.5, 0.6) is 5.75 Å². The Balaban J connectivity index is 1.87. The molecule has 1 fully saturated rings. The first kappa shape index (κ1) is 18.2. The molecule has 0 amide bonds. The SMILES string of the molecule is CCC1CN(C(C)C(O)c2ccnc3ccc(OC)cc23)CCC1C. The number of nitrogens with zero attached hydrogens (tertiary/aromatic N) is 2. The van der Waals surface area contributed by atoms with Gasteiger partial charge < -0.3 is 9.84 Å². The average Bonchev–Trinajstić information content (AvgIpc) is 2.66. The molecule has 4 unspecified atom stereocenters. The van der Waals surface area contributed by atoms with E-state index in [9.17, 15) is 5.11 Å². The fourth-order valence-corrected chi connectivity index (χ4v) is 4.07.